The van der Waals surface area contributed by atoms with Crippen LogP contribution in [0.4, 0.5) is 0 Å². The van der Waals surface area contributed by atoms with Gasteiger partial charge in [0.15, 0.2) is 23.0 Å². The van der Waals surface area contributed by atoms with E-state index >= 15 is 0 Å². The van der Waals surface area contributed by atoms with E-state index < -0.39 is 6.04 Å². The number of phenolic OH excluding ortho intramolecular Hbond substituents is 1. The number of fused-ring (bicyclic) bond motifs is 1. The van der Waals surface area contributed by atoms with Crippen LogP contribution >= 0.6 is 0 Å². The van der Waals surface area contributed by atoms with Crippen LogP contribution in [0.5, 0.6) is 11.5 Å². The van der Waals surface area contributed by atoms with Gasteiger partial charge in [-0.05, 0) is 36.8 Å². The highest BCUT2D eigenvalue weighted by Crippen LogP contribution is 2.39. The summed E-state index contributed by atoms with van der Waals surface area (Å²) in [7, 11) is 0. The van der Waals surface area contributed by atoms with E-state index in [9.17, 15) is 9.90 Å². The van der Waals surface area contributed by atoms with Crippen molar-refractivity contribution >= 4 is 5.91 Å². The fraction of sp³-hybridized carbons (Fsp3) is 0.176. The number of carbonyl (C=O) groups is 1. The number of aromatic nitrogens is 2. The summed E-state index contributed by atoms with van der Waals surface area (Å²) in [5.74, 6) is 0.786. The number of furan rings is 1. The number of hydrogen-bond acceptors (Lipinski definition) is 5. The van der Waals surface area contributed by atoms with Gasteiger partial charge in [0.25, 0.3) is 5.91 Å². The summed E-state index contributed by atoms with van der Waals surface area (Å²) in [5, 5.41) is 19.8. The second-order valence-electron chi connectivity index (χ2n) is 5.40. The van der Waals surface area contributed by atoms with Crippen LogP contribution in [0.2, 0.25) is 0 Å². The van der Waals surface area contributed by atoms with E-state index in [0.717, 1.165) is 11.1 Å². The van der Waals surface area contributed by atoms with Crippen molar-refractivity contribution < 1.29 is 19.1 Å². The molecule has 1 amide bonds. The minimum Gasteiger partial charge on any atom is -0.504 e. The van der Waals surface area contributed by atoms with Crippen molar-refractivity contribution in [3.63, 3.8) is 0 Å². The van der Waals surface area contributed by atoms with Gasteiger partial charge in [-0.3, -0.25) is 9.89 Å². The highest BCUT2D eigenvalue weighted by atomic mass is 16.5. The zero-order valence-corrected chi connectivity index (χ0v) is 12.9. The van der Waals surface area contributed by atoms with Crippen LogP contribution in [0, 0.1) is 0 Å². The largest absolute Gasteiger partial charge is 0.504 e. The van der Waals surface area contributed by atoms with E-state index in [1.54, 1.807) is 36.6 Å². The maximum absolute atomic E-state index is 12.2. The predicted octanol–water partition coefficient (Wildman–Crippen LogP) is 2.61. The van der Waals surface area contributed by atoms with Gasteiger partial charge in [0, 0.05) is 5.56 Å². The molecule has 0 saturated carbocycles. The van der Waals surface area contributed by atoms with Crippen LogP contribution < -0.4 is 10.1 Å². The number of amides is 1. The molecule has 0 spiro atoms. The second kappa shape index (κ2) is 5.45. The van der Waals surface area contributed by atoms with E-state index in [4.69, 9.17) is 9.15 Å². The van der Waals surface area contributed by atoms with E-state index in [2.05, 4.69) is 15.5 Å². The number of nitrogens with zero attached hydrogens (tertiary/aromatic N) is 1. The first-order valence-electron chi connectivity index (χ1n) is 7.57. The molecule has 1 aliphatic heterocycles. The number of nitrogens with one attached hydrogen (secondary N) is 2. The number of ether oxygens (including phenoxy) is 1. The van der Waals surface area contributed by atoms with E-state index in [1.165, 1.54) is 0 Å². The van der Waals surface area contributed by atoms with Gasteiger partial charge in [-0.2, -0.15) is 5.10 Å². The average molecular weight is 325 g/mol. The Bertz CT molecular complexity index is 899. The summed E-state index contributed by atoms with van der Waals surface area (Å²) in [4.78, 5) is 12.2. The van der Waals surface area contributed by atoms with Crippen molar-refractivity contribution in [3.05, 3.63) is 53.4 Å². The van der Waals surface area contributed by atoms with Crippen LogP contribution in [-0.4, -0.2) is 27.8 Å². The van der Waals surface area contributed by atoms with Gasteiger partial charge >= 0.3 is 0 Å². The lowest BCUT2D eigenvalue weighted by atomic mass is 9.98. The quantitative estimate of drug-likeness (QED) is 0.684. The van der Waals surface area contributed by atoms with Crippen LogP contribution in [-0.2, 0) is 0 Å². The van der Waals surface area contributed by atoms with Gasteiger partial charge in [0.2, 0.25) is 0 Å². The van der Waals surface area contributed by atoms with Crippen molar-refractivity contribution in [2.45, 2.75) is 13.0 Å². The summed E-state index contributed by atoms with van der Waals surface area (Å²) in [6.07, 6.45) is 1.57. The molecule has 122 valence electrons. The van der Waals surface area contributed by atoms with Gasteiger partial charge in [-0.25, -0.2) is 0 Å². The molecule has 4 rings (SSSR count). The van der Waals surface area contributed by atoms with Gasteiger partial charge in [0.1, 0.15) is 5.69 Å². The molecule has 0 radical (unpaired) electrons. The highest BCUT2D eigenvalue weighted by molar-refractivity contribution is 5.99. The molecule has 0 saturated heterocycles. The lowest BCUT2D eigenvalue weighted by molar-refractivity contribution is 0.0955. The molecule has 3 heterocycles. The first kappa shape index (κ1) is 14.4. The Morgan fingerprint density at radius 3 is 3.00 bits per heavy atom. The lowest BCUT2D eigenvalue weighted by Gasteiger charge is -2.15. The maximum Gasteiger partial charge on any atom is 0.272 e. The third kappa shape index (κ3) is 2.13. The first-order chi connectivity index (χ1) is 11.7. The molecule has 1 atom stereocenters. The Labute approximate surface area is 137 Å². The highest BCUT2D eigenvalue weighted by Gasteiger charge is 2.36. The molecule has 24 heavy (non-hydrogen) atoms. The third-order valence-corrected chi connectivity index (χ3v) is 3.97. The standard InChI is InChI=1S/C17H15N3O4/c1-2-23-12-8-9(5-6-10(12)21)14-13-15(11-4-3-7-24-11)19-20-16(13)17(22)18-14/h3-8,14,21H,2H2,1H3,(H,18,22)(H,19,20)/t14-/m1/s1. The number of aromatic hydroxyl groups is 1. The van der Waals surface area contributed by atoms with Crippen molar-refractivity contribution in [1.82, 2.24) is 15.5 Å². The van der Waals surface area contributed by atoms with Gasteiger partial charge in [0.05, 0.1) is 18.9 Å². The number of H-pyrrole nitrogens is 1. The fourth-order valence-corrected chi connectivity index (χ4v) is 2.92. The molecule has 1 aromatic carbocycles. The molecule has 7 heteroatoms. The predicted molar refractivity (Wildman–Crippen MR) is 84.9 cm³/mol. The lowest BCUT2D eigenvalue weighted by Crippen LogP contribution is -2.21. The SMILES string of the molecule is CCOc1cc([C@H]2NC(=O)c3n[nH]c(-c4ccco4)c32)ccc1O. The number of benzene rings is 1. The van der Waals surface area contributed by atoms with Crippen molar-refractivity contribution in [1.29, 1.82) is 0 Å². The van der Waals surface area contributed by atoms with Crippen LogP contribution in [0.1, 0.15) is 34.6 Å². The molecule has 3 N–H and O–H groups in total. The monoisotopic (exact) mass is 325 g/mol. The molecular weight excluding hydrogens is 310 g/mol. The normalized spacial score (nSPS) is 16.0. The zero-order valence-electron chi connectivity index (χ0n) is 12.9. The number of rotatable bonds is 4. The maximum atomic E-state index is 12.2. The van der Waals surface area contributed by atoms with Crippen LogP contribution in [0.15, 0.2) is 41.0 Å². The topological polar surface area (TPSA) is 100 Å². The smallest absolute Gasteiger partial charge is 0.272 e. The van der Waals surface area contributed by atoms with Crippen LogP contribution in [0.25, 0.3) is 11.5 Å². The number of hydrogen-bond donors (Lipinski definition) is 3. The molecular formula is C17H15N3O4. The van der Waals surface area contributed by atoms with Gasteiger partial charge in [-0.1, -0.05) is 6.07 Å². The molecule has 0 aliphatic carbocycles. The Kier molecular flexibility index (Phi) is 3.26. The Hall–Kier alpha value is -3.22. The first-order valence-corrected chi connectivity index (χ1v) is 7.57. The zero-order chi connectivity index (χ0) is 16.7. The average Bonchev–Trinajstić information content (AvgIpc) is 3.28. The molecule has 0 fully saturated rings. The third-order valence-electron chi connectivity index (χ3n) is 3.97. The van der Waals surface area contributed by atoms with Crippen molar-refractivity contribution in [2.75, 3.05) is 6.61 Å². The molecule has 2 aromatic heterocycles. The number of aromatic amines is 1. The summed E-state index contributed by atoms with van der Waals surface area (Å²) < 4.78 is 10.9. The summed E-state index contributed by atoms with van der Waals surface area (Å²) >= 11 is 0. The molecule has 0 bridgehead atoms. The number of phenols is 1. The Morgan fingerprint density at radius 1 is 1.38 bits per heavy atom. The Morgan fingerprint density at radius 2 is 2.25 bits per heavy atom. The second-order valence-corrected chi connectivity index (χ2v) is 5.40. The fourth-order valence-electron chi connectivity index (χ4n) is 2.92. The minimum atomic E-state index is -0.397. The van der Waals surface area contributed by atoms with E-state index in [0.29, 0.717) is 29.5 Å². The van der Waals surface area contributed by atoms with Crippen molar-refractivity contribution in [2.24, 2.45) is 0 Å². The summed E-state index contributed by atoms with van der Waals surface area (Å²) in [5.41, 5.74) is 2.52. The molecule has 3 aromatic rings. The summed E-state index contributed by atoms with van der Waals surface area (Å²) in [6, 6.07) is 8.20. The van der Waals surface area contributed by atoms with E-state index in [-0.39, 0.29) is 11.7 Å². The minimum absolute atomic E-state index is 0.0589. The Balaban J connectivity index is 1.82. The molecule has 7 nitrogen and oxygen atoms in total. The molecule has 1 aliphatic rings. The van der Waals surface area contributed by atoms with Crippen molar-refractivity contribution in [3.8, 4) is 23.0 Å². The summed E-state index contributed by atoms with van der Waals surface area (Å²) in [6.45, 7) is 2.27. The van der Waals surface area contributed by atoms with E-state index in [1.807, 2.05) is 6.92 Å². The molecule has 0 unspecified atom stereocenters. The van der Waals surface area contributed by atoms with Gasteiger partial charge < -0.3 is 19.6 Å². The van der Waals surface area contributed by atoms with Gasteiger partial charge in [-0.15, -0.1) is 0 Å². The number of carbonyl (C=O) groups excluding carboxylic acids is 1. The van der Waals surface area contributed by atoms with Crippen LogP contribution in [0.3, 0.4) is 0 Å².